The fourth-order valence-electron chi connectivity index (χ4n) is 1.49. The van der Waals surface area contributed by atoms with E-state index in [1.165, 1.54) is 4.68 Å². The van der Waals surface area contributed by atoms with E-state index in [4.69, 9.17) is 16.1 Å². The largest absolute Gasteiger partial charge is 0.481 e. The number of nitrogens with zero attached hydrogens (tertiary/aromatic N) is 4. The highest BCUT2D eigenvalue weighted by Crippen LogP contribution is 2.15. The monoisotopic (exact) mass is 243 g/mol. The van der Waals surface area contributed by atoms with Gasteiger partial charge in [0.2, 0.25) is 5.69 Å². The number of carboxylic acid groups (broad SMARTS) is 1. The lowest BCUT2D eigenvalue weighted by Gasteiger charge is -2.03. The minimum Gasteiger partial charge on any atom is -0.481 e. The number of aromatic nitrogens is 3. The number of benzene rings is 1. The third kappa shape index (κ3) is 2.12. The van der Waals surface area contributed by atoms with E-state index in [9.17, 15) is 4.79 Å². The van der Waals surface area contributed by atoms with Crippen molar-refractivity contribution < 1.29 is 9.90 Å². The summed E-state index contributed by atoms with van der Waals surface area (Å²) in [4.78, 5) is 10.5. The summed E-state index contributed by atoms with van der Waals surface area (Å²) in [7, 11) is 0. The lowest BCUT2D eigenvalue weighted by molar-refractivity contribution is -0.136. The molecule has 0 radical (unpaired) electrons. The van der Waals surface area contributed by atoms with Crippen LogP contribution in [0.25, 0.3) is 5.69 Å². The number of nitriles is 1. The van der Waals surface area contributed by atoms with E-state index in [1.54, 1.807) is 24.3 Å². The molecule has 1 aromatic heterocycles. The van der Waals surface area contributed by atoms with Gasteiger partial charge in [0.25, 0.3) is 0 Å². The number of anilines is 1. The summed E-state index contributed by atoms with van der Waals surface area (Å²) < 4.78 is 1.32. The molecule has 0 amide bonds. The van der Waals surface area contributed by atoms with Crippen LogP contribution in [0.1, 0.15) is 11.3 Å². The minimum atomic E-state index is -0.894. The van der Waals surface area contributed by atoms with Gasteiger partial charge in [0.15, 0.2) is 5.82 Å². The Kier molecular flexibility index (Phi) is 2.93. The third-order valence-electron chi connectivity index (χ3n) is 2.35. The molecule has 0 aliphatic heterocycles. The highest BCUT2D eigenvalue weighted by molar-refractivity contribution is 5.70. The maximum Gasteiger partial charge on any atom is 0.307 e. The predicted octanol–water partition coefficient (Wildman–Crippen LogP) is 0.348. The van der Waals surface area contributed by atoms with Crippen molar-refractivity contribution in [3.63, 3.8) is 0 Å². The van der Waals surface area contributed by atoms with Crippen LogP contribution in [-0.2, 0) is 11.2 Å². The van der Waals surface area contributed by atoms with Gasteiger partial charge in [-0.05, 0) is 17.7 Å². The van der Waals surface area contributed by atoms with Gasteiger partial charge in [0.1, 0.15) is 6.07 Å². The van der Waals surface area contributed by atoms with Crippen molar-refractivity contribution in [3.05, 3.63) is 35.5 Å². The quantitative estimate of drug-likeness (QED) is 0.802. The third-order valence-corrected chi connectivity index (χ3v) is 2.35. The van der Waals surface area contributed by atoms with Crippen LogP contribution in [0, 0.1) is 11.3 Å². The van der Waals surface area contributed by atoms with Crippen molar-refractivity contribution in [1.29, 1.82) is 5.26 Å². The topological polar surface area (TPSA) is 118 Å². The van der Waals surface area contributed by atoms with Gasteiger partial charge in [-0.3, -0.25) is 4.79 Å². The van der Waals surface area contributed by atoms with Crippen LogP contribution in [0.5, 0.6) is 0 Å². The number of carbonyl (C=O) groups is 1. The van der Waals surface area contributed by atoms with Gasteiger partial charge in [-0.25, -0.2) is 0 Å². The first kappa shape index (κ1) is 11.6. The van der Waals surface area contributed by atoms with Crippen molar-refractivity contribution in [3.8, 4) is 11.8 Å². The Labute approximate surface area is 102 Å². The number of nitrogens with two attached hydrogens (primary N) is 1. The molecule has 7 nitrogen and oxygen atoms in total. The van der Waals surface area contributed by atoms with Crippen molar-refractivity contribution in [2.24, 2.45) is 0 Å². The average Bonchev–Trinajstić information content (AvgIpc) is 2.71. The number of aliphatic carboxylic acids is 1. The molecule has 0 fully saturated rings. The van der Waals surface area contributed by atoms with E-state index >= 15 is 0 Å². The zero-order chi connectivity index (χ0) is 13.1. The number of nitrogen functional groups attached to an aromatic ring is 1. The highest BCUT2D eigenvalue weighted by atomic mass is 16.4. The smallest absolute Gasteiger partial charge is 0.307 e. The molecule has 0 aliphatic rings. The van der Waals surface area contributed by atoms with Crippen LogP contribution < -0.4 is 5.73 Å². The zero-order valence-corrected chi connectivity index (χ0v) is 9.24. The highest BCUT2D eigenvalue weighted by Gasteiger charge is 2.10. The van der Waals surface area contributed by atoms with Gasteiger partial charge >= 0.3 is 5.97 Å². The Bertz CT molecular complexity index is 624. The van der Waals surface area contributed by atoms with Gasteiger partial charge < -0.3 is 10.8 Å². The van der Waals surface area contributed by atoms with Gasteiger partial charge in [-0.15, -0.1) is 5.10 Å². The van der Waals surface area contributed by atoms with Crippen LogP contribution in [0.4, 0.5) is 5.82 Å². The average molecular weight is 243 g/mol. The van der Waals surface area contributed by atoms with Gasteiger partial charge in [-0.1, -0.05) is 17.3 Å². The van der Waals surface area contributed by atoms with Crippen LogP contribution in [-0.4, -0.2) is 26.1 Å². The summed E-state index contributed by atoms with van der Waals surface area (Å²) in [5, 5.41) is 24.7. The van der Waals surface area contributed by atoms with E-state index in [0.717, 1.165) is 0 Å². The summed E-state index contributed by atoms with van der Waals surface area (Å²) >= 11 is 0. The summed E-state index contributed by atoms with van der Waals surface area (Å²) in [6.45, 7) is 0. The van der Waals surface area contributed by atoms with Crippen molar-refractivity contribution in [2.75, 3.05) is 5.73 Å². The molecule has 1 heterocycles. The molecule has 18 heavy (non-hydrogen) atoms. The first-order chi connectivity index (χ1) is 8.61. The summed E-state index contributed by atoms with van der Waals surface area (Å²) in [6.07, 6.45) is -0.0451. The van der Waals surface area contributed by atoms with E-state index < -0.39 is 5.97 Å². The van der Waals surface area contributed by atoms with Crippen LogP contribution >= 0.6 is 0 Å². The van der Waals surface area contributed by atoms with Crippen molar-refractivity contribution in [2.45, 2.75) is 6.42 Å². The molecule has 0 saturated heterocycles. The lowest BCUT2D eigenvalue weighted by Crippen LogP contribution is -2.04. The number of rotatable bonds is 3. The van der Waals surface area contributed by atoms with E-state index in [2.05, 4.69) is 10.3 Å². The maximum absolute atomic E-state index is 10.5. The molecule has 0 atom stereocenters. The summed E-state index contributed by atoms with van der Waals surface area (Å²) in [5.74, 6) is -0.738. The lowest BCUT2D eigenvalue weighted by atomic mass is 10.1. The second kappa shape index (κ2) is 4.55. The second-order valence-electron chi connectivity index (χ2n) is 3.58. The Hall–Kier alpha value is -2.88. The molecular weight excluding hydrogens is 234 g/mol. The first-order valence-electron chi connectivity index (χ1n) is 5.04. The Balaban J connectivity index is 2.32. The summed E-state index contributed by atoms with van der Waals surface area (Å²) in [5.41, 5.74) is 7.04. The molecule has 7 heteroatoms. The van der Waals surface area contributed by atoms with Crippen LogP contribution in [0.15, 0.2) is 24.3 Å². The predicted molar refractivity (Wildman–Crippen MR) is 61.8 cm³/mol. The van der Waals surface area contributed by atoms with Gasteiger partial charge in [-0.2, -0.15) is 9.94 Å². The second-order valence-corrected chi connectivity index (χ2v) is 3.58. The molecule has 0 spiro atoms. The normalized spacial score (nSPS) is 9.94. The van der Waals surface area contributed by atoms with Crippen molar-refractivity contribution in [1.82, 2.24) is 15.0 Å². The number of hydrogen-bond acceptors (Lipinski definition) is 5. The molecular formula is C11H9N5O2. The maximum atomic E-state index is 10.5. The van der Waals surface area contributed by atoms with Crippen LogP contribution in [0.3, 0.4) is 0 Å². The Morgan fingerprint density at radius 1 is 1.44 bits per heavy atom. The van der Waals surface area contributed by atoms with Crippen LogP contribution in [0.2, 0.25) is 0 Å². The minimum absolute atomic E-state index is 0.0451. The molecule has 3 N–H and O–H groups in total. The number of carboxylic acids is 1. The molecule has 1 aromatic carbocycles. The molecule has 0 aliphatic carbocycles. The van der Waals surface area contributed by atoms with Crippen molar-refractivity contribution >= 4 is 11.8 Å². The van der Waals surface area contributed by atoms with E-state index in [0.29, 0.717) is 11.3 Å². The Morgan fingerprint density at radius 3 is 2.61 bits per heavy atom. The SMILES string of the molecule is N#Cc1nnn(-c2ccc(CC(=O)O)cc2)c1N. The van der Waals surface area contributed by atoms with E-state index in [1.807, 2.05) is 6.07 Å². The zero-order valence-electron chi connectivity index (χ0n) is 9.24. The fraction of sp³-hybridized carbons (Fsp3) is 0.0909. The standard InChI is InChI=1S/C11H9N5O2/c12-6-9-11(13)16(15-14-9)8-3-1-7(2-4-8)5-10(17)18/h1-4H,5,13H2,(H,17,18). The molecule has 90 valence electrons. The molecule has 2 rings (SSSR count). The molecule has 2 aromatic rings. The van der Waals surface area contributed by atoms with E-state index in [-0.39, 0.29) is 17.9 Å². The number of hydrogen-bond donors (Lipinski definition) is 2. The molecule has 0 unspecified atom stereocenters. The first-order valence-corrected chi connectivity index (χ1v) is 5.04. The van der Waals surface area contributed by atoms with Gasteiger partial charge in [0, 0.05) is 0 Å². The molecule has 0 bridgehead atoms. The Morgan fingerprint density at radius 2 is 2.11 bits per heavy atom. The summed E-state index contributed by atoms with van der Waals surface area (Å²) in [6, 6.07) is 8.49. The fourth-order valence-corrected chi connectivity index (χ4v) is 1.49. The molecule has 0 saturated carbocycles. The van der Waals surface area contributed by atoms with Gasteiger partial charge in [0.05, 0.1) is 12.1 Å².